The van der Waals surface area contributed by atoms with Crippen molar-refractivity contribution in [1.82, 2.24) is 0 Å². The molecule has 0 N–H and O–H groups in total. The van der Waals surface area contributed by atoms with Crippen LogP contribution >= 0.6 is 0 Å². The van der Waals surface area contributed by atoms with Gasteiger partial charge in [0.2, 0.25) is 0 Å². The van der Waals surface area contributed by atoms with E-state index in [4.69, 9.17) is 0 Å². The molecule has 0 heterocycles. The number of rotatable bonds is 0. The Kier molecular flexibility index (Phi) is 166. The molecule has 0 unspecified atom stereocenters. The molecule has 5 heavy (non-hydrogen) atoms. The van der Waals surface area contributed by atoms with Crippen LogP contribution in [0.3, 0.4) is 0 Å². The molecule has 0 aliphatic carbocycles. The molecule has 2 radical (unpaired) electrons. The van der Waals surface area contributed by atoms with Gasteiger partial charge < -0.3 is 2.85 Å². The normalized spacial score (nSPS) is 0. The molecule has 0 saturated heterocycles. The molecule has 0 spiro atoms. The van der Waals surface area contributed by atoms with Crippen LogP contribution in [0.25, 0.3) is 0 Å². The van der Waals surface area contributed by atoms with Crippen LogP contribution in [-0.2, 0) is 43.3 Å². The van der Waals surface area contributed by atoms with Crippen molar-refractivity contribution in [1.29, 1.82) is 0 Å². The van der Waals surface area contributed by atoms with Crippen LogP contribution in [0.1, 0.15) is 2.85 Å². The molecule has 0 aromatic carbocycles. The maximum atomic E-state index is 0. The molecule has 0 atom stereocenters. The van der Waals surface area contributed by atoms with E-state index in [9.17, 15) is 0 Å². The molecule has 0 aliphatic rings. The number of hydrogen-bond donors (Lipinski definition) is 0. The summed E-state index contributed by atoms with van der Waals surface area (Å²) in [6.45, 7) is 0. The van der Waals surface area contributed by atoms with Crippen LogP contribution in [-0.4, -0.2) is 56.4 Å². The Bertz CT molecular complexity index is 17.7. The van der Waals surface area contributed by atoms with Gasteiger partial charge in [0.1, 0.15) is 0 Å². The van der Waals surface area contributed by atoms with Gasteiger partial charge in [0, 0.05) is 78.9 Å². The van der Waals surface area contributed by atoms with Crippen molar-refractivity contribution >= 4 is 56.4 Å². The summed E-state index contributed by atoms with van der Waals surface area (Å²) < 4.78 is 0. The summed E-state index contributed by atoms with van der Waals surface area (Å²) in [5.41, 5.74) is 0. The molecule has 26 valence electrons. The average molecular weight is 407 g/mol. The Labute approximate surface area is 134 Å². The molecule has 0 aromatic heterocycles. The van der Waals surface area contributed by atoms with Gasteiger partial charge in [0.05, 0.1) is 0 Å². The standard InChI is InChI=1S/Fe.La.H3Si.Sr.Zr.2H/h;;1H3;;;;/q;;;+2;;2*-1. The van der Waals surface area contributed by atoms with Crippen molar-refractivity contribution < 1.29 is 81.7 Å². The van der Waals surface area contributed by atoms with Crippen LogP contribution in [0.4, 0.5) is 0 Å². The number of hydrogen-bond acceptors (Lipinski definition) is 0. The molecule has 0 aliphatic heterocycles. The first-order chi connectivity index (χ1) is 0. The van der Waals surface area contributed by atoms with E-state index in [0.717, 1.165) is 0 Å². The maximum Gasteiger partial charge on any atom is 2.00 e. The average Bonchev–Trinajstić information content (AvgIpc) is 0. The molecule has 0 rings (SSSR count). The Hall–Kier alpha value is 4.29. The fourth-order valence-corrected chi connectivity index (χ4v) is 0. The SMILES string of the molecule is [Fe].[H-].[H-].[La].[SiH3].[Sr+2].[Zr]. The van der Waals surface area contributed by atoms with Crippen LogP contribution in [0.2, 0.25) is 0 Å². The third-order valence-electron chi connectivity index (χ3n) is 0. The van der Waals surface area contributed by atoms with E-state index >= 15 is 0 Å². The zero-order valence-electron chi connectivity index (χ0n) is 5.14. The van der Waals surface area contributed by atoms with E-state index in [2.05, 4.69) is 0 Å². The van der Waals surface area contributed by atoms with Gasteiger partial charge in [-0.1, -0.05) is 0 Å². The first-order valence-electron chi connectivity index (χ1n) is 0. The maximum absolute atomic E-state index is 0. The Morgan fingerprint density at radius 1 is 1.20 bits per heavy atom. The molecule has 5 heteroatoms. The van der Waals surface area contributed by atoms with Gasteiger partial charge in [-0.05, 0) is 11.0 Å². The second kappa shape index (κ2) is 23.9. The second-order valence-electron chi connectivity index (χ2n) is 0. The molecule has 0 nitrogen and oxygen atoms in total. The van der Waals surface area contributed by atoms with Gasteiger partial charge >= 0.3 is 45.5 Å². The molecule has 0 bridgehead atoms. The van der Waals surface area contributed by atoms with Gasteiger partial charge in [-0.25, -0.2) is 0 Å². The van der Waals surface area contributed by atoms with Crippen molar-refractivity contribution in [2.45, 2.75) is 0 Å². The quantitative estimate of drug-likeness (QED) is 0.437. The molecular formula is H5FeLaSiSrZr. The summed E-state index contributed by atoms with van der Waals surface area (Å²) >= 11 is 0. The monoisotopic (exact) mass is 406 g/mol. The third-order valence-corrected chi connectivity index (χ3v) is 0. The zero-order valence-corrected chi connectivity index (χ0v) is 15.8. The van der Waals surface area contributed by atoms with Crippen molar-refractivity contribution in [3.05, 3.63) is 0 Å². The van der Waals surface area contributed by atoms with E-state index in [1.807, 2.05) is 0 Å². The summed E-state index contributed by atoms with van der Waals surface area (Å²) in [7, 11) is 0. The van der Waals surface area contributed by atoms with Gasteiger partial charge in [-0.3, -0.25) is 0 Å². The van der Waals surface area contributed by atoms with Crippen molar-refractivity contribution in [3.63, 3.8) is 0 Å². The van der Waals surface area contributed by atoms with E-state index in [0.29, 0.717) is 0 Å². The Balaban J connectivity index is 0. The van der Waals surface area contributed by atoms with Crippen molar-refractivity contribution in [2.24, 2.45) is 0 Å². The summed E-state index contributed by atoms with van der Waals surface area (Å²) in [5, 5.41) is 0. The van der Waals surface area contributed by atoms with Crippen molar-refractivity contribution in [2.75, 3.05) is 0 Å². The minimum absolute atomic E-state index is 0. The molecular weight excluding hydrogens is 402 g/mol. The van der Waals surface area contributed by atoms with Crippen LogP contribution < -0.4 is 0 Å². The Morgan fingerprint density at radius 2 is 1.20 bits per heavy atom. The topological polar surface area (TPSA) is 0 Å². The van der Waals surface area contributed by atoms with Gasteiger partial charge in [0.15, 0.2) is 0 Å². The van der Waals surface area contributed by atoms with Crippen LogP contribution in [0.15, 0.2) is 0 Å². The van der Waals surface area contributed by atoms with Crippen LogP contribution in [0, 0.1) is 35.6 Å². The minimum Gasteiger partial charge on any atom is -1.00 e. The van der Waals surface area contributed by atoms with E-state index in [1.54, 1.807) is 0 Å². The summed E-state index contributed by atoms with van der Waals surface area (Å²) in [4.78, 5) is 0. The predicted molar refractivity (Wildman–Crippen MR) is 17.9 cm³/mol. The van der Waals surface area contributed by atoms with Gasteiger partial charge in [-0.2, -0.15) is 0 Å². The molecule has 0 saturated carbocycles. The van der Waals surface area contributed by atoms with E-state index in [-0.39, 0.29) is 138 Å². The minimum atomic E-state index is 0. The first kappa shape index (κ1) is 34.7. The van der Waals surface area contributed by atoms with E-state index in [1.165, 1.54) is 0 Å². The largest absolute Gasteiger partial charge is 2.00 e. The zero-order chi connectivity index (χ0) is 0. The van der Waals surface area contributed by atoms with Crippen molar-refractivity contribution in [3.8, 4) is 0 Å². The summed E-state index contributed by atoms with van der Waals surface area (Å²) in [5.74, 6) is 0. The van der Waals surface area contributed by atoms with E-state index < -0.39 is 0 Å². The fourth-order valence-electron chi connectivity index (χ4n) is 0. The smallest absolute Gasteiger partial charge is 1.00 e. The summed E-state index contributed by atoms with van der Waals surface area (Å²) in [6.07, 6.45) is 0. The molecule has 0 amide bonds. The fraction of sp³-hybridized carbons (Fsp3) is 0. The Morgan fingerprint density at radius 3 is 1.20 bits per heavy atom. The van der Waals surface area contributed by atoms with Gasteiger partial charge in [-0.15, -0.1) is 0 Å². The van der Waals surface area contributed by atoms with Gasteiger partial charge in [0.25, 0.3) is 0 Å². The molecule has 0 fully saturated rings. The predicted octanol–water partition coefficient (Wildman–Crippen LogP) is -1.34. The summed E-state index contributed by atoms with van der Waals surface area (Å²) in [6, 6.07) is 0. The first-order valence-corrected chi connectivity index (χ1v) is 0. The third kappa shape index (κ3) is 17.8. The van der Waals surface area contributed by atoms with Crippen LogP contribution in [0.5, 0.6) is 0 Å². The second-order valence-corrected chi connectivity index (χ2v) is 0. The molecule has 0 aromatic rings.